The third-order valence-electron chi connectivity index (χ3n) is 3.17. The van der Waals surface area contributed by atoms with Crippen molar-refractivity contribution < 1.29 is 4.42 Å². The lowest BCUT2D eigenvalue weighted by molar-refractivity contribution is 0.470. The van der Waals surface area contributed by atoms with E-state index in [1.807, 2.05) is 48.3 Å². The normalized spacial score (nSPS) is 11.5. The van der Waals surface area contributed by atoms with E-state index < -0.39 is 0 Å². The molecule has 1 N–H and O–H groups in total. The number of aliphatic imine (C=N–C) groups is 1. The minimum atomic E-state index is 0.708. The molecule has 0 aliphatic rings. The number of halogens is 1. The standard InChI is InChI=1S/C16H20ClN3O/c1-18-16(19-10-9-14-7-5-11-21-14)20(2)12-13-6-3-4-8-15(13)17/h3-8,11H,9-10,12H2,1-2H3,(H,18,19). The third kappa shape index (κ3) is 4.53. The van der Waals surface area contributed by atoms with Crippen molar-refractivity contribution in [2.24, 2.45) is 4.99 Å². The van der Waals surface area contributed by atoms with Gasteiger partial charge in [0, 0.05) is 38.6 Å². The molecule has 5 heteroatoms. The Labute approximate surface area is 130 Å². The molecule has 0 amide bonds. The quantitative estimate of drug-likeness (QED) is 0.681. The Morgan fingerprint density at radius 2 is 2.10 bits per heavy atom. The monoisotopic (exact) mass is 305 g/mol. The van der Waals surface area contributed by atoms with Crippen LogP contribution in [0.5, 0.6) is 0 Å². The van der Waals surface area contributed by atoms with Crippen LogP contribution in [-0.2, 0) is 13.0 Å². The predicted molar refractivity (Wildman–Crippen MR) is 86.7 cm³/mol. The van der Waals surface area contributed by atoms with Gasteiger partial charge in [0.05, 0.1) is 6.26 Å². The SMILES string of the molecule is CN=C(NCCc1ccco1)N(C)Cc1ccccc1Cl. The molecule has 112 valence electrons. The van der Waals surface area contributed by atoms with Crippen molar-refractivity contribution >= 4 is 17.6 Å². The van der Waals surface area contributed by atoms with Crippen LogP contribution >= 0.6 is 11.6 Å². The van der Waals surface area contributed by atoms with Crippen LogP contribution < -0.4 is 5.32 Å². The molecule has 0 bridgehead atoms. The first kappa shape index (κ1) is 15.4. The third-order valence-corrected chi connectivity index (χ3v) is 3.54. The van der Waals surface area contributed by atoms with Gasteiger partial charge in [-0.3, -0.25) is 4.99 Å². The van der Waals surface area contributed by atoms with Gasteiger partial charge in [0.15, 0.2) is 5.96 Å². The lowest BCUT2D eigenvalue weighted by Crippen LogP contribution is -2.39. The highest BCUT2D eigenvalue weighted by Crippen LogP contribution is 2.16. The zero-order chi connectivity index (χ0) is 15.1. The van der Waals surface area contributed by atoms with Gasteiger partial charge in [-0.05, 0) is 23.8 Å². The minimum Gasteiger partial charge on any atom is -0.469 e. The maximum absolute atomic E-state index is 6.19. The van der Waals surface area contributed by atoms with E-state index in [1.54, 1.807) is 13.3 Å². The summed E-state index contributed by atoms with van der Waals surface area (Å²) in [6.45, 7) is 1.48. The van der Waals surface area contributed by atoms with Gasteiger partial charge in [-0.25, -0.2) is 0 Å². The summed E-state index contributed by atoms with van der Waals surface area (Å²) < 4.78 is 5.31. The highest BCUT2D eigenvalue weighted by Gasteiger charge is 2.08. The molecular formula is C16H20ClN3O. The zero-order valence-electron chi connectivity index (χ0n) is 12.3. The molecule has 0 spiro atoms. The summed E-state index contributed by atoms with van der Waals surface area (Å²) in [6.07, 6.45) is 2.51. The van der Waals surface area contributed by atoms with Gasteiger partial charge >= 0.3 is 0 Å². The van der Waals surface area contributed by atoms with Crippen LogP contribution in [0.4, 0.5) is 0 Å². The Bertz CT molecular complexity index is 581. The van der Waals surface area contributed by atoms with Crippen LogP contribution in [0.2, 0.25) is 5.02 Å². The number of rotatable bonds is 5. The lowest BCUT2D eigenvalue weighted by atomic mass is 10.2. The van der Waals surface area contributed by atoms with E-state index in [1.165, 1.54) is 0 Å². The molecular weight excluding hydrogens is 286 g/mol. The molecule has 0 aliphatic heterocycles. The molecule has 21 heavy (non-hydrogen) atoms. The minimum absolute atomic E-state index is 0.708. The van der Waals surface area contributed by atoms with Crippen LogP contribution in [-0.4, -0.2) is 31.5 Å². The van der Waals surface area contributed by atoms with Crippen LogP contribution in [0.15, 0.2) is 52.1 Å². The number of nitrogens with zero attached hydrogens (tertiary/aromatic N) is 2. The Morgan fingerprint density at radius 1 is 1.29 bits per heavy atom. The molecule has 0 saturated heterocycles. The molecule has 1 aromatic heterocycles. The van der Waals surface area contributed by atoms with Crippen molar-refractivity contribution in [3.8, 4) is 0 Å². The summed E-state index contributed by atoms with van der Waals surface area (Å²) in [5, 5.41) is 4.09. The smallest absolute Gasteiger partial charge is 0.193 e. The largest absolute Gasteiger partial charge is 0.469 e. The molecule has 1 aromatic carbocycles. The molecule has 1 heterocycles. The first-order chi connectivity index (χ1) is 10.2. The molecule has 4 nitrogen and oxygen atoms in total. The Balaban J connectivity index is 1.87. The van der Waals surface area contributed by atoms with Crippen molar-refractivity contribution in [2.75, 3.05) is 20.6 Å². The summed E-state index contributed by atoms with van der Waals surface area (Å²) in [7, 11) is 3.77. The zero-order valence-corrected chi connectivity index (χ0v) is 13.1. The second kappa shape index (κ2) is 7.74. The Kier molecular flexibility index (Phi) is 5.69. The highest BCUT2D eigenvalue weighted by molar-refractivity contribution is 6.31. The molecule has 0 unspecified atom stereocenters. The van der Waals surface area contributed by atoms with E-state index in [0.717, 1.165) is 35.3 Å². The van der Waals surface area contributed by atoms with E-state index in [9.17, 15) is 0 Å². The van der Waals surface area contributed by atoms with Crippen LogP contribution in [0, 0.1) is 0 Å². The van der Waals surface area contributed by atoms with Crippen molar-refractivity contribution in [3.63, 3.8) is 0 Å². The van der Waals surface area contributed by atoms with Gasteiger partial charge in [-0.15, -0.1) is 0 Å². The van der Waals surface area contributed by atoms with Gasteiger partial charge in [0.1, 0.15) is 5.76 Å². The average molecular weight is 306 g/mol. The van der Waals surface area contributed by atoms with E-state index in [2.05, 4.69) is 10.3 Å². The van der Waals surface area contributed by atoms with Gasteiger partial charge in [0.2, 0.25) is 0 Å². The van der Waals surface area contributed by atoms with E-state index in [4.69, 9.17) is 16.0 Å². The predicted octanol–water partition coefficient (Wildman–Crippen LogP) is 3.18. The molecule has 0 saturated carbocycles. The number of guanidine groups is 1. The maximum Gasteiger partial charge on any atom is 0.193 e. The molecule has 2 aromatic rings. The first-order valence-electron chi connectivity index (χ1n) is 6.88. The highest BCUT2D eigenvalue weighted by atomic mass is 35.5. The first-order valence-corrected chi connectivity index (χ1v) is 7.26. The van der Waals surface area contributed by atoms with Gasteiger partial charge < -0.3 is 14.6 Å². The van der Waals surface area contributed by atoms with Crippen molar-refractivity contribution in [1.82, 2.24) is 10.2 Å². The number of furan rings is 1. The Hall–Kier alpha value is -1.94. The van der Waals surface area contributed by atoms with Crippen LogP contribution in [0.25, 0.3) is 0 Å². The van der Waals surface area contributed by atoms with Crippen LogP contribution in [0.1, 0.15) is 11.3 Å². The van der Waals surface area contributed by atoms with E-state index >= 15 is 0 Å². The van der Waals surface area contributed by atoms with Gasteiger partial charge in [-0.1, -0.05) is 29.8 Å². The fourth-order valence-electron chi connectivity index (χ4n) is 2.09. The number of hydrogen-bond acceptors (Lipinski definition) is 2. The number of hydrogen-bond donors (Lipinski definition) is 1. The molecule has 0 fully saturated rings. The fraction of sp³-hybridized carbons (Fsp3) is 0.312. The van der Waals surface area contributed by atoms with Gasteiger partial charge in [-0.2, -0.15) is 0 Å². The summed E-state index contributed by atoms with van der Waals surface area (Å²) in [4.78, 5) is 6.34. The maximum atomic E-state index is 6.19. The molecule has 0 aliphatic carbocycles. The van der Waals surface area contributed by atoms with E-state index in [0.29, 0.717) is 6.54 Å². The Morgan fingerprint density at radius 3 is 2.76 bits per heavy atom. The average Bonchev–Trinajstić information content (AvgIpc) is 2.99. The molecule has 0 atom stereocenters. The second-order valence-corrected chi connectivity index (χ2v) is 5.16. The second-order valence-electron chi connectivity index (χ2n) is 4.75. The number of benzene rings is 1. The topological polar surface area (TPSA) is 40.8 Å². The van der Waals surface area contributed by atoms with Crippen molar-refractivity contribution in [1.29, 1.82) is 0 Å². The van der Waals surface area contributed by atoms with Crippen LogP contribution in [0.3, 0.4) is 0 Å². The summed E-state index contributed by atoms with van der Waals surface area (Å²) in [5.41, 5.74) is 1.08. The van der Waals surface area contributed by atoms with Crippen molar-refractivity contribution in [3.05, 3.63) is 59.0 Å². The molecule has 0 radical (unpaired) electrons. The molecule has 2 rings (SSSR count). The van der Waals surface area contributed by atoms with Crippen molar-refractivity contribution in [2.45, 2.75) is 13.0 Å². The van der Waals surface area contributed by atoms with E-state index in [-0.39, 0.29) is 0 Å². The lowest BCUT2D eigenvalue weighted by Gasteiger charge is -2.22. The summed E-state index contributed by atoms with van der Waals surface area (Å²) >= 11 is 6.19. The fourth-order valence-corrected chi connectivity index (χ4v) is 2.29. The van der Waals surface area contributed by atoms with Gasteiger partial charge in [0.25, 0.3) is 0 Å². The summed E-state index contributed by atoms with van der Waals surface area (Å²) in [5.74, 6) is 1.80. The number of nitrogens with one attached hydrogen (secondary N) is 1. The summed E-state index contributed by atoms with van der Waals surface area (Å²) in [6, 6.07) is 11.7.